The molecule has 2 heteroatoms. The molecular formula is C15H25NO. The smallest absolute Gasteiger partial charge is 0.0587 e. The van der Waals surface area contributed by atoms with Gasteiger partial charge in [-0.25, -0.2) is 0 Å². The van der Waals surface area contributed by atoms with Crippen molar-refractivity contribution in [2.24, 2.45) is 5.92 Å². The number of aliphatic hydroxyl groups excluding tert-OH is 1. The van der Waals surface area contributed by atoms with Crippen molar-refractivity contribution < 1.29 is 5.11 Å². The molecule has 2 atom stereocenters. The van der Waals surface area contributed by atoms with Gasteiger partial charge in [-0.1, -0.05) is 23.8 Å². The van der Waals surface area contributed by atoms with Crippen molar-refractivity contribution in [3.8, 4) is 0 Å². The number of likely N-dealkylation sites (tertiary alicyclic amines) is 1. The van der Waals surface area contributed by atoms with Crippen LogP contribution in [0.5, 0.6) is 0 Å². The van der Waals surface area contributed by atoms with E-state index >= 15 is 0 Å². The number of rotatable bonds is 4. The van der Waals surface area contributed by atoms with Gasteiger partial charge < -0.3 is 5.11 Å². The van der Waals surface area contributed by atoms with Crippen LogP contribution in [0.25, 0.3) is 0 Å². The molecule has 1 saturated heterocycles. The lowest BCUT2D eigenvalue weighted by Crippen LogP contribution is -2.34. The molecule has 2 rings (SSSR count). The highest BCUT2D eigenvalue weighted by atomic mass is 16.3. The first-order valence-electron chi connectivity index (χ1n) is 6.89. The van der Waals surface area contributed by atoms with Gasteiger partial charge in [0.1, 0.15) is 0 Å². The lowest BCUT2D eigenvalue weighted by atomic mass is 9.85. The third-order valence-electron chi connectivity index (χ3n) is 4.32. The number of nitrogens with zero attached hydrogens (tertiary/aromatic N) is 1. The number of allylic oxidation sites excluding steroid dienone is 2. The highest BCUT2D eigenvalue weighted by Gasteiger charge is 2.25. The first kappa shape index (κ1) is 12.8. The Hall–Kier alpha value is -0.600. The van der Waals surface area contributed by atoms with E-state index in [4.69, 9.17) is 0 Å². The zero-order valence-electron chi connectivity index (χ0n) is 11.0. The van der Waals surface area contributed by atoms with Gasteiger partial charge in [0.05, 0.1) is 6.61 Å². The summed E-state index contributed by atoms with van der Waals surface area (Å²) in [6.45, 7) is 8.76. The first-order chi connectivity index (χ1) is 8.20. The minimum absolute atomic E-state index is 0.321. The quantitative estimate of drug-likeness (QED) is 0.757. The van der Waals surface area contributed by atoms with Crippen LogP contribution in [0.4, 0.5) is 0 Å². The monoisotopic (exact) mass is 235 g/mol. The summed E-state index contributed by atoms with van der Waals surface area (Å²) in [5.74, 6) is 0.700. The van der Waals surface area contributed by atoms with Gasteiger partial charge in [-0.05, 0) is 51.5 Å². The molecule has 1 aliphatic heterocycles. The minimum atomic E-state index is 0.321. The second-order valence-electron chi connectivity index (χ2n) is 5.63. The number of hydrogen-bond donors (Lipinski definition) is 1. The van der Waals surface area contributed by atoms with Gasteiger partial charge in [0.2, 0.25) is 0 Å². The number of hydrogen-bond acceptors (Lipinski definition) is 2. The fourth-order valence-corrected chi connectivity index (χ4v) is 3.05. The van der Waals surface area contributed by atoms with Gasteiger partial charge in [0, 0.05) is 12.6 Å². The Morgan fingerprint density at radius 3 is 2.94 bits per heavy atom. The van der Waals surface area contributed by atoms with Crippen LogP contribution < -0.4 is 0 Å². The van der Waals surface area contributed by atoms with E-state index in [1.165, 1.54) is 31.3 Å². The predicted octanol–water partition coefficient (Wildman–Crippen LogP) is 2.75. The molecule has 0 saturated carbocycles. The van der Waals surface area contributed by atoms with Crippen molar-refractivity contribution in [1.29, 1.82) is 0 Å². The third-order valence-corrected chi connectivity index (χ3v) is 4.32. The summed E-state index contributed by atoms with van der Waals surface area (Å²) in [7, 11) is 0. The van der Waals surface area contributed by atoms with E-state index in [1.54, 1.807) is 5.57 Å². The summed E-state index contributed by atoms with van der Waals surface area (Å²) in [6, 6.07) is 0.412. The molecular weight excluding hydrogens is 210 g/mol. The molecule has 2 aliphatic rings. The molecule has 0 aromatic carbocycles. The van der Waals surface area contributed by atoms with E-state index in [2.05, 4.69) is 24.5 Å². The maximum Gasteiger partial charge on any atom is 0.0587 e. The zero-order valence-corrected chi connectivity index (χ0v) is 11.0. The molecule has 0 radical (unpaired) electrons. The van der Waals surface area contributed by atoms with Crippen LogP contribution in [0.15, 0.2) is 23.8 Å². The Morgan fingerprint density at radius 2 is 2.35 bits per heavy atom. The third kappa shape index (κ3) is 3.20. The fraction of sp³-hybridized carbons (Fsp3) is 0.733. The van der Waals surface area contributed by atoms with E-state index in [9.17, 15) is 5.11 Å². The van der Waals surface area contributed by atoms with Gasteiger partial charge in [-0.15, -0.1) is 0 Å². The van der Waals surface area contributed by atoms with E-state index in [0.29, 0.717) is 18.6 Å². The van der Waals surface area contributed by atoms with Gasteiger partial charge in [0.15, 0.2) is 0 Å². The highest BCUT2D eigenvalue weighted by Crippen LogP contribution is 2.29. The summed E-state index contributed by atoms with van der Waals surface area (Å²) in [5, 5.41) is 9.31. The molecule has 0 aromatic rings. The molecule has 1 fully saturated rings. The SMILES string of the molecule is C=C(C)[C@H]1CC=C(CN2CCCC2CO)CC1. The fourth-order valence-electron chi connectivity index (χ4n) is 3.05. The Balaban J connectivity index is 1.86. The van der Waals surface area contributed by atoms with Crippen molar-refractivity contribution in [3.05, 3.63) is 23.8 Å². The minimum Gasteiger partial charge on any atom is -0.395 e. The van der Waals surface area contributed by atoms with Crippen molar-refractivity contribution >= 4 is 0 Å². The van der Waals surface area contributed by atoms with Crippen molar-refractivity contribution in [2.75, 3.05) is 19.7 Å². The van der Waals surface area contributed by atoms with Gasteiger partial charge in [0.25, 0.3) is 0 Å². The van der Waals surface area contributed by atoms with Crippen LogP contribution in [0.2, 0.25) is 0 Å². The Morgan fingerprint density at radius 1 is 1.53 bits per heavy atom. The highest BCUT2D eigenvalue weighted by molar-refractivity contribution is 5.14. The summed E-state index contributed by atoms with van der Waals surface area (Å²) in [6.07, 6.45) is 8.47. The molecule has 1 unspecified atom stereocenters. The van der Waals surface area contributed by atoms with Crippen molar-refractivity contribution in [2.45, 2.75) is 45.1 Å². The Kier molecular flexibility index (Phi) is 4.41. The standard InChI is InChI=1S/C15H25NO/c1-12(2)14-7-5-13(6-8-14)10-16-9-3-4-15(16)11-17/h5,14-15,17H,1,3-4,6-11H2,2H3/t14-,15?/m0/s1. The molecule has 2 nitrogen and oxygen atoms in total. The largest absolute Gasteiger partial charge is 0.395 e. The van der Waals surface area contributed by atoms with Crippen molar-refractivity contribution in [1.82, 2.24) is 4.90 Å². The van der Waals surface area contributed by atoms with Crippen LogP contribution >= 0.6 is 0 Å². The zero-order chi connectivity index (χ0) is 12.3. The maximum absolute atomic E-state index is 9.31. The normalized spacial score (nSPS) is 30.4. The van der Waals surface area contributed by atoms with Crippen LogP contribution in [0.1, 0.15) is 39.0 Å². The van der Waals surface area contributed by atoms with Gasteiger partial charge >= 0.3 is 0 Å². The van der Waals surface area contributed by atoms with Crippen LogP contribution in [-0.4, -0.2) is 35.7 Å². The molecule has 0 aromatic heterocycles. The van der Waals surface area contributed by atoms with Gasteiger partial charge in [-0.2, -0.15) is 0 Å². The second-order valence-corrected chi connectivity index (χ2v) is 5.63. The second kappa shape index (κ2) is 5.83. The van der Waals surface area contributed by atoms with Gasteiger partial charge in [-0.3, -0.25) is 4.90 Å². The Labute approximate surface area is 105 Å². The summed E-state index contributed by atoms with van der Waals surface area (Å²) in [4.78, 5) is 2.45. The summed E-state index contributed by atoms with van der Waals surface area (Å²) in [5.41, 5.74) is 2.90. The van der Waals surface area contributed by atoms with E-state index in [0.717, 1.165) is 19.5 Å². The molecule has 1 N–H and O–H groups in total. The molecule has 1 aliphatic carbocycles. The molecule has 0 spiro atoms. The molecule has 0 bridgehead atoms. The lowest BCUT2D eigenvalue weighted by Gasteiger charge is -2.28. The molecule has 96 valence electrons. The first-order valence-corrected chi connectivity index (χ1v) is 6.89. The number of aliphatic hydroxyl groups is 1. The molecule has 0 amide bonds. The average molecular weight is 235 g/mol. The molecule has 17 heavy (non-hydrogen) atoms. The van der Waals surface area contributed by atoms with Crippen LogP contribution in [0.3, 0.4) is 0 Å². The summed E-state index contributed by atoms with van der Waals surface area (Å²) >= 11 is 0. The van der Waals surface area contributed by atoms with E-state index < -0.39 is 0 Å². The Bertz CT molecular complexity index is 308. The topological polar surface area (TPSA) is 23.5 Å². The van der Waals surface area contributed by atoms with E-state index in [-0.39, 0.29) is 0 Å². The molecule has 1 heterocycles. The van der Waals surface area contributed by atoms with Crippen LogP contribution in [-0.2, 0) is 0 Å². The average Bonchev–Trinajstić information content (AvgIpc) is 2.77. The van der Waals surface area contributed by atoms with E-state index in [1.807, 2.05) is 0 Å². The summed E-state index contributed by atoms with van der Waals surface area (Å²) < 4.78 is 0. The lowest BCUT2D eigenvalue weighted by molar-refractivity contribution is 0.166. The predicted molar refractivity (Wildman–Crippen MR) is 71.9 cm³/mol. The van der Waals surface area contributed by atoms with Crippen LogP contribution in [0, 0.1) is 5.92 Å². The van der Waals surface area contributed by atoms with Crippen molar-refractivity contribution in [3.63, 3.8) is 0 Å². The maximum atomic E-state index is 9.31.